The molecule has 1 aromatic heterocycles. The van der Waals surface area contributed by atoms with Crippen molar-refractivity contribution in [3.8, 4) is 5.75 Å². The molecular formula is C26H26N2O4. The second kappa shape index (κ2) is 8.83. The van der Waals surface area contributed by atoms with Crippen LogP contribution in [0.15, 0.2) is 48.5 Å². The summed E-state index contributed by atoms with van der Waals surface area (Å²) in [4.78, 5) is 29.6. The average molecular weight is 431 g/mol. The van der Waals surface area contributed by atoms with E-state index < -0.39 is 18.0 Å². The van der Waals surface area contributed by atoms with Crippen molar-refractivity contribution >= 4 is 34.4 Å². The number of amides is 1. The van der Waals surface area contributed by atoms with Gasteiger partial charge in [0, 0.05) is 5.39 Å². The van der Waals surface area contributed by atoms with Crippen molar-refractivity contribution in [3.63, 3.8) is 0 Å². The molecule has 32 heavy (non-hydrogen) atoms. The van der Waals surface area contributed by atoms with Gasteiger partial charge in [0.25, 0.3) is 5.91 Å². The number of allylic oxidation sites excluding steroid dienone is 1. The van der Waals surface area contributed by atoms with Crippen LogP contribution in [0.4, 0.5) is 0 Å². The number of rotatable bonds is 5. The molecule has 0 fully saturated rings. The summed E-state index contributed by atoms with van der Waals surface area (Å²) in [6.45, 7) is 3.63. The number of fused-ring (bicyclic) bond motifs is 2. The molecule has 4 rings (SSSR count). The Morgan fingerprint density at radius 3 is 2.53 bits per heavy atom. The molecule has 164 valence electrons. The zero-order chi connectivity index (χ0) is 22.8. The molecule has 2 N–H and O–H groups in total. The van der Waals surface area contributed by atoms with Crippen LogP contribution in [-0.4, -0.2) is 30.1 Å². The van der Waals surface area contributed by atoms with Crippen LogP contribution in [-0.2, 0) is 16.0 Å². The third kappa shape index (κ3) is 4.21. The fraction of sp³-hybridized carbons (Fsp3) is 0.269. The number of benzene rings is 2. The number of hydrogen-bond donors (Lipinski definition) is 1. The molecule has 0 aliphatic heterocycles. The van der Waals surface area contributed by atoms with E-state index in [0.717, 1.165) is 34.6 Å². The van der Waals surface area contributed by atoms with E-state index in [1.54, 1.807) is 7.11 Å². The molecule has 2 aromatic carbocycles. The van der Waals surface area contributed by atoms with Crippen LogP contribution in [0, 0.1) is 5.92 Å². The lowest BCUT2D eigenvalue weighted by molar-refractivity contribution is -0.125. The Balaban J connectivity index is 1.88. The first-order valence-corrected chi connectivity index (χ1v) is 10.6. The highest BCUT2D eigenvalue weighted by Gasteiger charge is 2.30. The number of esters is 1. The normalized spacial score (nSPS) is 17.6. The summed E-state index contributed by atoms with van der Waals surface area (Å²) in [5, 5.41) is 0.714. The highest BCUT2D eigenvalue weighted by Crippen LogP contribution is 2.39. The van der Waals surface area contributed by atoms with Gasteiger partial charge in [-0.05, 0) is 66.7 Å². The maximum absolute atomic E-state index is 13.2. The minimum Gasteiger partial charge on any atom is -0.497 e. The standard InChI is InChI=1S/C26H26N2O4/c1-15-12-18(14-17-8-10-19(31-3)11-9-17)24-21(13-15)23(26(30)32-16(2)25(27)29)20-6-4-5-7-22(20)28-24/h4-11,14-16H,12-13H2,1-3H3,(H2,27,29)/b18-14+. The zero-order valence-corrected chi connectivity index (χ0v) is 18.4. The van der Waals surface area contributed by atoms with Gasteiger partial charge in [-0.25, -0.2) is 9.78 Å². The van der Waals surface area contributed by atoms with Crippen LogP contribution in [0.25, 0.3) is 22.6 Å². The third-order valence-corrected chi connectivity index (χ3v) is 5.76. The van der Waals surface area contributed by atoms with Gasteiger partial charge in [-0.15, -0.1) is 0 Å². The summed E-state index contributed by atoms with van der Waals surface area (Å²) in [5.41, 5.74) is 10.2. The minimum atomic E-state index is -1.01. The highest BCUT2D eigenvalue weighted by molar-refractivity contribution is 6.07. The lowest BCUT2D eigenvalue weighted by atomic mass is 9.80. The van der Waals surface area contributed by atoms with E-state index in [0.29, 0.717) is 28.8 Å². The molecule has 1 amide bonds. The van der Waals surface area contributed by atoms with Crippen molar-refractivity contribution in [1.29, 1.82) is 0 Å². The molecule has 0 saturated carbocycles. The molecule has 0 radical (unpaired) electrons. The van der Waals surface area contributed by atoms with Crippen LogP contribution in [0.5, 0.6) is 5.75 Å². The Hall–Kier alpha value is -3.67. The molecule has 0 saturated heterocycles. The summed E-state index contributed by atoms with van der Waals surface area (Å²) in [5.74, 6) is -0.125. The van der Waals surface area contributed by atoms with Crippen molar-refractivity contribution in [2.24, 2.45) is 11.7 Å². The van der Waals surface area contributed by atoms with Gasteiger partial charge in [0.1, 0.15) is 5.75 Å². The Kier molecular flexibility index (Phi) is 5.95. The van der Waals surface area contributed by atoms with Gasteiger partial charge in [0.15, 0.2) is 6.10 Å². The van der Waals surface area contributed by atoms with Crippen LogP contribution in [0.1, 0.15) is 47.4 Å². The van der Waals surface area contributed by atoms with Gasteiger partial charge < -0.3 is 15.2 Å². The lowest BCUT2D eigenvalue weighted by Gasteiger charge is -2.27. The molecule has 1 aliphatic carbocycles. The summed E-state index contributed by atoms with van der Waals surface area (Å²) < 4.78 is 10.7. The molecule has 2 unspecified atom stereocenters. The number of primary amides is 1. The number of nitrogens with zero attached hydrogens (tertiary/aromatic N) is 1. The topological polar surface area (TPSA) is 91.5 Å². The molecule has 2 atom stereocenters. The number of pyridine rings is 1. The van der Waals surface area contributed by atoms with Crippen LogP contribution >= 0.6 is 0 Å². The third-order valence-electron chi connectivity index (χ3n) is 5.76. The number of ether oxygens (including phenoxy) is 2. The number of carbonyl (C=O) groups excluding carboxylic acids is 2. The van der Waals surface area contributed by atoms with Crippen molar-refractivity contribution in [3.05, 3.63) is 70.9 Å². The van der Waals surface area contributed by atoms with E-state index in [-0.39, 0.29) is 0 Å². The van der Waals surface area contributed by atoms with Crippen molar-refractivity contribution in [2.75, 3.05) is 7.11 Å². The molecular weight excluding hydrogens is 404 g/mol. The van der Waals surface area contributed by atoms with Crippen molar-refractivity contribution < 1.29 is 19.1 Å². The first-order valence-electron chi connectivity index (χ1n) is 10.6. The predicted octanol–water partition coefficient (Wildman–Crippen LogP) is 4.40. The minimum absolute atomic E-state index is 0.315. The van der Waals surface area contributed by atoms with Gasteiger partial charge in [0.2, 0.25) is 0 Å². The van der Waals surface area contributed by atoms with E-state index in [9.17, 15) is 9.59 Å². The summed E-state index contributed by atoms with van der Waals surface area (Å²) in [6.07, 6.45) is 2.64. The largest absolute Gasteiger partial charge is 0.497 e. The van der Waals surface area contributed by atoms with Gasteiger partial charge in [-0.1, -0.05) is 37.3 Å². The molecule has 0 bridgehead atoms. The van der Waals surface area contributed by atoms with Crippen molar-refractivity contribution in [2.45, 2.75) is 32.8 Å². The molecule has 6 heteroatoms. The van der Waals surface area contributed by atoms with E-state index >= 15 is 0 Å². The van der Waals surface area contributed by atoms with E-state index in [1.807, 2.05) is 48.5 Å². The number of hydrogen-bond acceptors (Lipinski definition) is 5. The van der Waals surface area contributed by atoms with Gasteiger partial charge in [-0.3, -0.25) is 4.79 Å². The van der Waals surface area contributed by atoms with Crippen LogP contribution in [0.2, 0.25) is 0 Å². The number of aromatic nitrogens is 1. The first kappa shape index (κ1) is 21.6. The van der Waals surface area contributed by atoms with Crippen LogP contribution < -0.4 is 10.5 Å². The number of para-hydroxylation sites is 1. The van der Waals surface area contributed by atoms with Crippen LogP contribution in [0.3, 0.4) is 0 Å². The molecule has 3 aromatic rings. The average Bonchev–Trinajstić information content (AvgIpc) is 2.78. The zero-order valence-electron chi connectivity index (χ0n) is 18.4. The Labute approximate surface area is 187 Å². The second-order valence-corrected chi connectivity index (χ2v) is 8.24. The Bertz CT molecular complexity index is 1210. The smallest absolute Gasteiger partial charge is 0.339 e. The van der Waals surface area contributed by atoms with E-state index in [2.05, 4.69) is 13.0 Å². The van der Waals surface area contributed by atoms with Gasteiger partial charge in [0.05, 0.1) is 23.9 Å². The maximum Gasteiger partial charge on any atom is 0.339 e. The number of nitrogens with two attached hydrogens (primary N) is 1. The fourth-order valence-electron chi connectivity index (χ4n) is 4.15. The molecule has 1 aliphatic rings. The van der Waals surface area contributed by atoms with E-state index in [4.69, 9.17) is 20.2 Å². The number of methoxy groups -OCH3 is 1. The summed E-state index contributed by atoms with van der Waals surface area (Å²) in [7, 11) is 1.64. The monoisotopic (exact) mass is 430 g/mol. The molecule has 1 heterocycles. The van der Waals surface area contributed by atoms with Gasteiger partial charge >= 0.3 is 5.97 Å². The fourth-order valence-corrected chi connectivity index (χ4v) is 4.15. The Morgan fingerprint density at radius 2 is 1.84 bits per heavy atom. The molecule has 6 nitrogen and oxygen atoms in total. The van der Waals surface area contributed by atoms with Gasteiger partial charge in [-0.2, -0.15) is 0 Å². The quantitative estimate of drug-likeness (QED) is 0.606. The number of carbonyl (C=O) groups is 2. The lowest BCUT2D eigenvalue weighted by Crippen LogP contribution is -2.31. The highest BCUT2D eigenvalue weighted by atomic mass is 16.5. The summed E-state index contributed by atoms with van der Waals surface area (Å²) in [6, 6.07) is 15.3. The van der Waals surface area contributed by atoms with E-state index in [1.165, 1.54) is 6.92 Å². The Morgan fingerprint density at radius 1 is 1.12 bits per heavy atom. The summed E-state index contributed by atoms with van der Waals surface area (Å²) >= 11 is 0. The van der Waals surface area contributed by atoms with Crippen molar-refractivity contribution in [1.82, 2.24) is 4.98 Å². The second-order valence-electron chi connectivity index (χ2n) is 8.24. The first-order chi connectivity index (χ1) is 15.4. The molecule has 0 spiro atoms. The SMILES string of the molecule is COc1ccc(/C=C2\CC(C)Cc3c2nc2ccccc2c3C(=O)OC(C)C(N)=O)cc1. The maximum atomic E-state index is 13.2. The predicted molar refractivity (Wildman–Crippen MR) is 124 cm³/mol.